The van der Waals surface area contributed by atoms with Crippen LogP contribution < -0.4 is 0 Å². The molecular weight excluding hydrogens is 254 g/mol. The predicted molar refractivity (Wildman–Crippen MR) is 79.2 cm³/mol. The lowest BCUT2D eigenvalue weighted by Crippen LogP contribution is -2.45. The van der Waals surface area contributed by atoms with E-state index in [0.717, 1.165) is 19.4 Å². The van der Waals surface area contributed by atoms with Crippen LogP contribution in [0.5, 0.6) is 0 Å². The van der Waals surface area contributed by atoms with E-state index in [1.165, 1.54) is 0 Å². The van der Waals surface area contributed by atoms with Crippen molar-refractivity contribution in [3.63, 3.8) is 0 Å². The second-order valence-corrected chi connectivity index (χ2v) is 7.80. The molecule has 1 aliphatic heterocycles. The van der Waals surface area contributed by atoms with Crippen molar-refractivity contribution in [2.24, 2.45) is 11.3 Å². The number of esters is 1. The van der Waals surface area contributed by atoms with Crippen molar-refractivity contribution < 1.29 is 14.3 Å². The first-order valence-corrected chi connectivity index (χ1v) is 7.50. The van der Waals surface area contributed by atoms with Gasteiger partial charge in [-0.05, 0) is 39.5 Å². The van der Waals surface area contributed by atoms with Gasteiger partial charge in [-0.1, -0.05) is 20.8 Å². The molecule has 116 valence electrons. The second-order valence-electron chi connectivity index (χ2n) is 7.80. The SMILES string of the molecule is CC(C)(C)OC(=O)CC1CCCN(C(=O)C(C)(C)C)C1. The Balaban J connectivity index is 2.53. The summed E-state index contributed by atoms with van der Waals surface area (Å²) < 4.78 is 5.36. The largest absolute Gasteiger partial charge is 0.460 e. The smallest absolute Gasteiger partial charge is 0.306 e. The Labute approximate surface area is 122 Å². The summed E-state index contributed by atoms with van der Waals surface area (Å²) in [6, 6.07) is 0. The molecule has 4 nitrogen and oxygen atoms in total. The zero-order chi connectivity index (χ0) is 15.6. The van der Waals surface area contributed by atoms with E-state index in [9.17, 15) is 9.59 Å². The van der Waals surface area contributed by atoms with Crippen LogP contribution in [0.25, 0.3) is 0 Å². The van der Waals surface area contributed by atoms with Gasteiger partial charge in [0.1, 0.15) is 5.60 Å². The summed E-state index contributed by atoms with van der Waals surface area (Å²) in [4.78, 5) is 26.1. The number of piperidine rings is 1. The van der Waals surface area contributed by atoms with Gasteiger partial charge in [-0.15, -0.1) is 0 Å². The summed E-state index contributed by atoms with van der Waals surface area (Å²) in [6.45, 7) is 12.9. The van der Waals surface area contributed by atoms with Crippen molar-refractivity contribution in [3.05, 3.63) is 0 Å². The average molecular weight is 283 g/mol. The summed E-state index contributed by atoms with van der Waals surface area (Å²) in [5.41, 5.74) is -0.791. The quantitative estimate of drug-likeness (QED) is 0.732. The molecule has 0 radical (unpaired) electrons. The number of carbonyl (C=O) groups excluding carboxylic acids is 2. The first-order valence-electron chi connectivity index (χ1n) is 7.50. The van der Waals surface area contributed by atoms with E-state index < -0.39 is 5.60 Å². The van der Waals surface area contributed by atoms with Crippen LogP contribution in [0, 0.1) is 11.3 Å². The summed E-state index contributed by atoms with van der Waals surface area (Å²) in [5, 5.41) is 0. The lowest BCUT2D eigenvalue weighted by molar-refractivity contribution is -0.157. The van der Waals surface area contributed by atoms with Crippen LogP contribution in [0.3, 0.4) is 0 Å². The molecule has 0 aromatic rings. The molecule has 1 atom stereocenters. The summed E-state index contributed by atoms with van der Waals surface area (Å²) in [5.74, 6) is 0.240. The Hall–Kier alpha value is -1.06. The van der Waals surface area contributed by atoms with Crippen LogP contribution in [0.1, 0.15) is 60.8 Å². The molecule has 0 bridgehead atoms. The first-order chi connectivity index (χ1) is 8.99. The van der Waals surface area contributed by atoms with E-state index >= 15 is 0 Å². The monoisotopic (exact) mass is 283 g/mol. The van der Waals surface area contributed by atoms with Gasteiger partial charge >= 0.3 is 5.97 Å². The van der Waals surface area contributed by atoms with Crippen LogP contribution in [-0.2, 0) is 14.3 Å². The number of likely N-dealkylation sites (tertiary alicyclic amines) is 1. The second kappa shape index (κ2) is 6.15. The fourth-order valence-electron chi connectivity index (χ4n) is 2.51. The fraction of sp³-hybridized carbons (Fsp3) is 0.875. The highest BCUT2D eigenvalue weighted by atomic mass is 16.6. The molecule has 20 heavy (non-hydrogen) atoms. The van der Waals surface area contributed by atoms with Gasteiger partial charge in [-0.2, -0.15) is 0 Å². The molecule has 1 heterocycles. The number of hydrogen-bond acceptors (Lipinski definition) is 3. The summed E-state index contributed by atoms with van der Waals surface area (Å²) >= 11 is 0. The highest BCUT2D eigenvalue weighted by molar-refractivity contribution is 5.81. The van der Waals surface area contributed by atoms with E-state index in [1.807, 2.05) is 46.4 Å². The molecule has 1 rings (SSSR count). The van der Waals surface area contributed by atoms with Gasteiger partial charge in [0.25, 0.3) is 0 Å². The Bertz CT molecular complexity index is 363. The van der Waals surface area contributed by atoms with Gasteiger partial charge in [0.2, 0.25) is 5.91 Å². The average Bonchev–Trinajstić information content (AvgIpc) is 2.24. The van der Waals surface area contributed by atoms with Crippen molar-refractivity contribution in [1.29, 1.82) is 0 Å². The number of hydrogen-bond donors (Lipinski definition) is 0. The Morgan fingerprint density at radius 2 is 1.75 bits per heavy atom. The maximum atomic E-state index is 12.3. The van der Waals surface area contributed by atoms with E-state index in [0.29, 0.717) is 13.0 Å². The number of ether oxygens (including phenoxy) is 1. The molecule has 1 saturated heterocycles. The summed E-state index contributed by atoms with van der Waals surface area (Å²) in [6.07, 6.45) is 2.37. The zero-order valence-electron chi connectivity index (χ0n) is 13.8. The van der Waals surface area contributed by atoms with Crippen molar-refractivity contribution in [2.75, 3.05) is 13.1 Å². The summed E-state index contributed by atoms with van der Waals surface area (Å²) in [7, 11) is 0. The lowest BCUT2D eigenvalue weighted by atomic mass is 9.90. The molecule has 0 aliphatic carbocycles. The number of nitrogens with zero attached hydrogens (tertiary/aromatic N) is 1. The molecule has 0 saturated carbocycles. The van der Waals surface area contributed by atoms with E-state index in [2.05, 4.69) is 0 Å². The molecule has 0 aromatic heterocycles. The molecular formula is C16H29NO3. The number of rotatable bonds is 2. The third kappa shape index (κ3) is 5.51. The maximum Gasteiger partial charge on any atom is 0.306 e. The van der Waals surface area contributed by atoms with Gasteiger partial charge in [-0.3, -0.25) is 9.59 Å². The molecule has 1 unspecified atom stereocenters. The first kappa shape index (κ1) is 17.0. The van der Waals surface area contributed by atoms with E-state index in [-0.39, 0.29) is 23.2 Å². The third-order valence-electron chi connectivity index (χ3n) is 3.32. The number of amides is 1. The van der Waals surface area contributed by atoms with Crippen molar-refractivity contribution >= 4 is 11.9 Å². The molecule has 4 heteroatoms. The molecule has 0 spiro atoms. The van der Waals surface area contributed by atoms with Gasteiger partial charge in [0.15, 0.2) is 0 Å². The minimum atomic E-state index is -0.438. The zero-order valence-corrected chi connectivity index (χ0v) is 13.8. The van der Waals surface area contributed by atoms with Gasteiger partial charge in [0.05, 0.1) is 6.42 Å². The van der Waals surface area contributed by atoms with Crippen molar-refractivity contribution in [2.45, 2.75) is 66.4 Å². The molecule has 1 aliphatic rings. The number of carbonyl (C=O) groups is 2. The molecule has 0 aromatic carbocycles. The van der Waals surface area contributed by atoms with E-state index in [1.54, 1.807) is 0 Å². The highest BCUT2D eigenvalue weighted by Crippen LogP contribution is 2.25. The Kier molecular flexibility index (Phi) is 5.22. The topological polar surface area (TPSA) is 46.6 Å². The van der Waals surface area contributed by atoms with Crippen LogP contribution in [0.4, 0.5) is 0 Å². The Morgan fingerprint density at radius 3 is 2.25 bits per heavy atom. The highest BCUT2D eigenvalue weighted by Gasteiger charge is 2.32. The van der Waals surface area contributed by atoms with Crippen LogP contribution in [-0.4, -0.2) is 35.5 Å². The normalized spacial score (nSPS) is 20.7. The predicted octanol–water partition coefficient (Wildman–Crippen LogP) is 3.00. The van der Waals surface area contributed by atoms with Crippen LogP contribution in [0.15, 0.2) is 0 Å². The molecule has 1 fully saturated rings. The van der Waals surface area contributed by atoms with Gasteiger partial charge in [-0.25, -0.2) is 0 Å². The standard InChI is InChI=1S/C16H29NO3/c1-15(2,3)14(19)17-9-7-8-12(11-17)10-13(18)20-16(4,5)6/h12H,7-11H2,1-6H3. The fourth-order valence-corrected chi connectivity index (χ4v) is 2.51. The minimum absolute atomic E-state index is 0.160. The molecule has 0 N–H and O–H groups in total. The Morgan fingerprint density at radius 1 is 1.15 bits per heavy atom. The van der Waals surface area contributed by atoms with Crippen molar-refractivity contribution in [1.82, 2.24) is 4.90 Å². The third-order valence-corrected chi connectivity index (χ3v) is 3.32. The van der Waals surface area contributed by atoms with E-state index in [4.69, 9.17) is 4.74 Å². The maximum absolute atomic E-state index is 12.3. The van der Waals surface area contributed by atoms with Crippen LogP contribution >= 0.6 is 0 Å². The van der Waals surface area contributed by atoms with Crippen molar-refractivity contribution in [3.8, 4) is 0 Å². The lowest BCUT2D eigenvalue weighted by Gasteiger charge is -2.36. The minimum Gasteiger partial charge on any atom is -0.460 e. The van der Waals surface area contributed by atoms with Gasteiger partial charge in [0, 0.05) is 18.5 Å². The van der Waals surface area contributed by atoms with Gasteiger partial charge < -0.3 is 9.64 Å². The molecule has 1 amide bonds. The van der Waals surface area contributed by atoms with Crippen LogP contribution in [0.2, 0.25) is 0 Å².